The van der Waals surface area contributed by atoms with E-state index in [9.17, 15) is 14.4 Å². The molecule has 0 aliphatic carbocycles. The van der Waals surface area contributed by atoms with E-state index in [0.29, 0.717) is 28.1 Å². The van der Waals surface area contributed by atoms with Gasteiger partial charge in [-0.25, -0.2) is 9.59 Å². The van der Waals surface area contributed by atoms with Crippen LogP contribution in [0.4, 0.5) is 0 Å². The van der Waals surface area contributed by atoms with Gasteiger partial charge in [-0.05, 0) is 50.6 Å². The molecular weight excluding hydrogens is 338 g/mol. The van der Waals surface area contributed by atoms with E-state index in [2.05, 4.69) is 4.98 Å². The Balaban J connectivity index is 2.06. The molecule has 2 aromatic rings. The van der Waals surface area contributed by atoms with Crippen molar-refractivity contribution in [1.29, 1.82) is 0 Å². The summed E-state index contributed by atoms with van der Waals surface area (Å²) >= 11 is 0. The van der Waals surface area contributed by atoms with Crippen LogP contribution in [0.3, 0.4) is 0 Å². The van der Waals surface area contributed by atoms with Gasteiger partial charge in [0.15, 0.2) is 6.61 Å². The van der Waals surface area contributed by atoms with Crippen LogP contribution in [-0.2, 0) is 9.47 Å². The van der Waals surface area contributed by atoms with Crippen molar-refractivity contribution in [3.8, 4) is 5.75 Å². The fourth-order valence-electron chi connectivity index (χ4n) is 2.55. The maximum atomic E-state index is 12.4. The molecule has 7 nitrogen and oxygen atoms in total. The molecule has 0 radical (unpaired) electrons. The van der Waals surface area contributed by atoms with Gasteiger partial charge in [0.05, 0.1) is 30.5 Å². The Labute approximate surface area is 151 Å². The SMILES string of the molecule is CCOC(=O)c1c(C)[nH]c(C(=O)COC(=O)c2ccc(OC)cc2)c1C. The largest absolute Gasteiger partial charge is 0.497 e. The van der Waals surface area contributed by atoms with E-state index in [-0.39, 0.29) is 12.3 Å². The molecule has 26 heavy (non-hydrogen) atoms. The molecule has 2 rings (SSSR count). The van der Waals surface area contributed by atoms with E-state index < -0.39 is 24.3 Å². The first kappa shape index (κ1) is 19.2. The number of hydrogen-bond acceptors (Lipinski definition) is 6. The molecule has 0 fully saturated rings. The van der Waals surface area contributed by atoms with Crippen LogP contribution in [0.15, 0.2) is 24.3 Å². The van der Waals surface area contributed by atoms with Gasteiger partial charge < -0.3 is 19.2 Å². The Kier molecular flexibility index (Phi) is 6.16. The summed E-state index contributed by atoms with van der Waals surface area (Å²) in [4.78, 5) is 39.2. The van der Waals surface area contributed by atoms with Crippen molar-refractivity contribution in [3.05, 3.63) is 52.3 Å². The third kappa shape index (κ3) is 4.11. The minimum atomic E-state index is -0.618. The number of carbonyl (C=O) groups is 3. The molecule has 138 valence electrons. The lowest BCUT2D eigenvalue weighted by Gasteiger charge is -2.05. The lowest BCUT2D eigenvalue weighted by atomic mass is 10.1. The number of aromatic nitrogens is 1. The summed E-state index contributed by atoms with van der Waals surface area (Å²) in [6, 6.07) is 6.36. The van der Waals surface area contributed by atoms with Gasteiger partial charge in [-0.3, -0.25) is 4.79 Å². The van der Waals surface area contributed by atoms with E-state index in [0.717, 1.165) is 0 Å². The van der Waals surface area contributed by atoms with Crippen molar-refractivity contribution in [2.75, 3.05) is 20.3 Å². The normalized spacial score (nSPS) is 10.3. The number of ketones is 1. The summed E-state index contributed by atoms with van der Waals surface area (Å²) < 4.78 is 15.1. The fourth-order valence-corrected chi connectivity index (χ4v) is 2.55. The molecule has 0 unspecified atom stereocenters. The first-order valence-corrected chi connectivity index (χ1v) is 8.09. The van der Waals surface area contributed by atoms with Gasteiger partial charge in [-0.15, -0.1) is 0 Å². The zero-order valence-corrected chi connectivity index (χ0v) is 15.2. The number of nitrogens with one attached hydrogen (secondary N) is 1. The molecule has 1 N–H and O–H groups in total. The molecular formula is C19H21NO6. The second kappa shape index (κ2) is 8.33. The summed E-state index contributed by atoms with van der Waals surface area (Å²) in [5.74, 6) is -0.926. The average molecular weight is 359 g/mol. The van der Waals surface area contributed by atoms with Crippen molar-refractivity contribution < 1.29 is 28.6 Å². The van der Waals surface area contributed by atoms with Crippen molar-refractivity contribution in [2.45, 2.75) is 20.8 Å². The molecule has 1 heterocycles. The summed E-state index contributed by atoms with van der Waals surface area (Å²) in [5.41, 5.74) is 1.88. The van der Waals surface area contributed by atoms with Crippen LogP contribution in [0.1, 0.15) is 49.4 Å². The summed E-state index contributed by atoms with van der Waals surface area (Å²) in [5, 5.41) is 0. The standard InChI is InChI=1S/C19H21NO6/c1-5-25-19(23)16-11(2)17(20-12(16)3)15(21)10-26-18(22)13-6-8-14(24-4)9-7-13/h6-9,20H,5,10H2,1-4H3. The van der Waals surface area contributed by atoms with Crippen LogP contribution in [0.25, 0.3) is 0 Å². The van der Waals surface area contributed by atoms with Crippen molar-refractivity contribution in [2.24, 2.45) is 0 Å². The topological polar surface area (TPSA) is 94.7 Å². The Hall–Kier alpha value is -3.09. The molecule has 0 aliphatic rings. The number of benzene rings is 1. The zero-order valence-electron chi connectivity index (χ0n) is 15.2. The van der Waals surface area contributed by atoms with E-state index >= 15 is 0 Å². The minimum absolute atomic E-state index is 0.230. The highest BCUT2D eigenvalue weighted by Crippen LogP contribution is 2.20. The van der Waals surface area contributed by atoms with Crippen LogP contribution in [-0.4, -0.2) is 43.0 Å². The van der Waals surface area contributed by atoms with Gasteiger partial charge >= 0.3 is 11.9 Å². The van der Waals surface area contributed by atoms with Gasteiger partial charge in [0.1, 0.15) is 5.75 Å². The second-order valence-electron chi connectivity index (χ2n) is 5.57. The number of aromatic amines is 1. The first-order chi connectivity index (χ1) is 12.4. The molecule has 7 heteroatoms. The van der Waals surface area contributed by atoms with Crippen LogP contribution < -0.4 is 4.74 Å². The van der Waals surface area contributed by atoms with Crippen molar-refractivity contribution in [1.82, 2.24) is 4.98 Å². The number of hydrogen-bond donors (Lipinski definition) is 1. The highest BCUT2D eigenvalue weighted by atomic mass is 16.5. The van der Waals surface area contributed by atoms with Gasteiger partial charge in [-0.1, -0.05) is 0 Å². The summed E-state index contributed by atoms with van der Waals surface area (Å²) in [6.45, 7) is 4.84. The zero-order chi connectivity index (χ0) is 19.3. The van der Waals surface area contributed by atoms with E-state index in [1.54, 1.807) is 45.0 Å². The third-order valence-corrected chi connectivity index (χ3v) is 3.86. The minimum Gasteiger partial charge on any atom is -0.497 e. The maximum absolute atomic E-state index is 12.4. The number of aryl methyl sites for hydroxylation is 1. The lowest BCUT2D eigenvalue weighted by molar-refractivity contribution is 0.0472. The Morgan fingerprint density at radius 3 is 2.23 bits per heavy atom. The summed E-state index contributed by atoms with van der Waals surface area (Å²) in [6.07, 6.45) is 0. The highest BCUT2D eigenvalue weighted by Gasteiger charge is 2.23. The number of methoxy groups -OCH3 is 1. The number of H-pyrrole nitrogens is 1. The first-order valence-electron chi connectivity index (χ1n) is 8.09. The maximum Gasteiger partial charge on any atom is 0.340 e. The second-order valence-corrected chi connectivity index (χ2v) is 5.57. The van der Waals surface area contributed by atoms with Gasteiger partial charge in [0.25, 0.3) is 0 Å². The van der Waals surface area contributed by atoms with E-state index in [1.807, 2.05) is 0 Å². The molecule has 0 amide bonds. The van der Waals surface area contributed by atoms with E-state index in [1.165, 1.54) is 7.11 Å². The number of carbonyl (C=O) groups excluding carboxylic acids is 3. The number of Topliss-reactive ketones (excluding diaryl/α,β-unsaturated/α-hetero) is 1. The van der Waals surface area contributed by atoms with Crippen LogP contribution in [0.2, 0.25) is 0 Å². The quantitative estimate of drug-likeness (QED) is 0.603. The number of rotatable bonds is 7. The molecule has 0 atom stereocenters. The van der Waals surface area contributed by atoms with Crippen LogP contribution >= 0.6 is 0 Å². The molecule has 0 spiro atoms. The molecule has 0 aliphatic heterocycles. The molecule has 0 saturated heterocycles. The highest BCUT2D eigenvalue weighted by molar-refractivity contribution is 6.03. The smallest absolute Gasteiger partial charge is 0.340 e. The Morgan fingerprint density at radius 1 is 1.00 bits per heavy atom. The van der Waals surface area contributed by atoms with Gasteiger partial charge in [0, 0.05) is 5.69 Å². The monoisotopic (exact) mass is 359 g/mol. The van der Waals surface area contributed by atoms with Crippen molar-refractivity contribution >= 4 is 17.7 Å². The fraction of sp³-hybridized carbons (Fsp3) is 0.316. The number of ether oxygens (including phenoxy) is 3. The molecule has 1 aromatic carbocycles. The van der Waals surface area contributed by atoms with Crippen molar-refractivity contribution in [3.63, 3.8) is 0 Å². The van der Waals surface area contributed by atoms with Gasteiger partial charge in [0.2, 0.25) is 5.78 Å². The van der Waals surface area contributed by atoms with E-state index in [4.69, 9.17) is 14.2 Å². The predicted molar refractivity (Wildman–Crippen MR) is 93.8 cm³/mol. The molecule has 1 aromatic heterocycles. The molecule has 0 saturated carbocycles. The van der Waals surface area contributed by atoms with Gasteiger partial charge in [-0.2, -0.15) is 0 Å². The Bertz CT molecular complexity index is 819. The predicted octanol–water partition coefficient (Wildman–Crippen LogP) is 2.86. The Morgan fingerprint density at radius 2 is 1.65 bits per heavy atom. The average Bonchev–Trinajstić information content (AvgIpc) is 2.94. The van der Waals surface area contributed by atoms with Crippen LogP contribution in [0.5, 0.6) is 5.75 Å². The third-order valence-electron chi connectivity index (χ3n) is 3.86. The lowest BCUT2D eigenvalue weighted by Crippen LogP contribution is -2.15. The molecule has 0 bridgehead atoms. The summed E-state index contributed by atoms with van der Waals surface area (Å²) in [7, 11) is 1.53. The number of esters is 2. The van der Waals surface area contributed by atoms with Crippen LogP contribution in [0, 0.1) is 13.8 Å².